The van der Waals surface area contributed by atoms with Gasteiger partial charge >= 0.3 is 0 Å². The SMILES string of the molecule is CC(NC(=O)c1cccc(NN)n1)c1nncn1C. The van der Waals surface area contributed by atoms with Gasteiger partial charge in [0.25, 0.3) is 5.91 Å². The lowest BCUT2D eigenvalue weighted by molar-refractivity contribution is 0.0933. The second kappa shape index (κ2) is 5.44. The highest BCUT2D eigenvalue weighted by molar-refractivity contribution is 5.92. The number of nitrogens with two attached hydrogens (primary N) is 1. The molecular formula is C11H15N7O. The fraction of sp³-hybridized carbons (Fsp3) is 0.273. The zero-order valence-electron chi connectivity index (χ0n) is 10.7. The van der Waals surface area contributed by atoms with Crippen LogP contribution in [0.2, 0.25) is 0 Å². The summed E-state index contributed by atoms with van der Waals surface area (Å²) in [5, 5.41) is 10.5. The summed E-state index contributed by atoms with van der Waals surface area (Å²) in [6.07, 6.45) is 1.58. The third-order valence-corrected chi connectivity index (χ3v) is 2.61. The Morgan fingerprint density at radius 2 is 2.26 bits per heavy atom. The summed E-state index contributed by atoms with van der Waals surface area (Å²) in [6, 6.07) is 4.71. The number of nitrogen functional groups attached to an aromatic ring is 1. The smallest absolute Gasteiger partial charge is 0.270 e. The van der Waals surface area contributed by atoms with Crippen LogP contribution in [-0.4, -0.2) is 25.7 Å². The normalized spacial score (nSPS) is 11.9. The van der Waals surface area contributed by atoms with Gasteiger partial charge in [0.15, 0.2) is 5.82 Å². The van der Waals surface area contributed by atoms with Crippen molar-refractivity contribution in [3.63, 3.8) is 0 Å². The molecule has 0 saturated carbocycles. The van der Waals surface area contributed by atoms with Crippen LogP contribution in [0.1, 0.15) is 29.3 Å². The lowest BCUT2D eigenvalue weighted by Gasteiger charge is -2.12. The summed E-state index contributed by atoms with van der Waals surface area (Å²) in [4.78, 5) is 16.1. The molecule has 0 aromatic carbocycles. The summed E-state index contributed by atoms with van der Waals surface area (Å²) in [5.74, 6) is 6.05. The number of aryl methyl sites for hydroxylation is 1. The first-order valence-corrected chi connectivity index (χ1v) is 5.70. The highest BCUT2D eigenvalue weighted by Crippen LogP contribution is 2.09. The van der Waals surface area contributed by atoms with Crippen molar-refractivity contribution in [3.8, 4) is 0 Å². The van der Waals surface area contributed by atoms with Crippen LogP contribution in [0.15, 0.2) is 24.5 Å². The van der Waals surface area contributed by atoms with E-state index in [0.29, 0.717) is 11.6 Å². The van der Waals surface area contributed by atoms with Gasteiger partial charge in [-0.2, -0.15) is 0 Å². The van der Waals surface area contributed by atoms with E-state index in [1.54, 1.807) is 29.1 Å². The Bertz CT molecular complexity index is 580. The highest BCUT2D eigenvalue weighted by Gasteiger charge is 2.16. The van der Waals surface area contributed by atoms with Gasteiger partial charge in [-0.3, -0.25) is 4.79 Å². The third-order valence-electron chi connectivity index (χ3n) is 2.61. The van der Waals surface area contributed by atoms with Gasteiger partial charge in [0.1, 0.15) is 17.8 Å². The van der Waals surface area contributed by atoms with Gasteiger partial charge in [0, 0.05) is 7.05 Å². The van der Waals surface area contributed by atoms with Crippen LogP contribution in [0.25, 0.3) is 0 Å². The lowest BCUT2D eigenvalue weighted by atomic mass is 10.2. The van der Waals surface area contributed by atoms with E-state index in [1.807, 2.05) is 14.0 Å². The Labute approximate surface area is 110 Å². The molecule has 0 radical (unpaired) electrons. The molecule has 2 rings (SSSR count). The highest BCUT2D eigenvalue weighted by atomic mass is 16.1. The van der Waals surface area contributed by atoms with Gasteiger partial charge in [-0.05, 0) is 19.1 Å². The quantitative estimate of drug-likeness (QED) is 0.527. The number of hydrogen-bond donors (Lipinski definition) is 3. The van der Waals surface area contributed by atoms with Crippen molar-refractivity contribution in [1.29, 1.82) is 0 Å². The fourth-order valence-corrected chi connectivity index (χ4v) is 1.66. The van der Waals surface area contributed by atoms with E-state index >= 15 is 0 Å². The van der Waals surface area contributed by atoms with E-state index in [9.17, 15) is 4.79 Å². The number of carbonyl (C=O) groups excluding carboxylic acids is 1. The van der Waals surface area contributed by atoms with Crippen LogP contribution in [0, 0.1) is 0 Å². The van der Waals surface area contributed by atoms with E-state index < -0.39 is 0 Å². The van der Waals surface area contributed by atoms with Crippen molar-refractivity contribution in [2.24, 2.45) is 12.9 Å². The van der Waals surface area contributed by atoms with Gasteiger partial charge in [-0.25, -0.2) is 10.8 Å². The maximum absolute atomic E-state index is 12.0. The molecule has 0 aliphatic carbocycles. The molecule has 2 aromatic rings. The average Bonchev–Trinajstić information content (AvgIpc) is 2.85. The average molecular weight is 261 g/mol. The van der Waals surface area contributed by atoms with Crippen molar-refractivity contribution in [2.45, 2.75) is 13.0 Å². The Morgan fingerprint density at radius 1 is 1.47 bits per heavy atom. The lowest BCUT2D eigenvalue weighted by Crippen LogP contribution is -2.29. The van der Waals surface area contributed by atoms with Crippen LogP contribution in [0.4, 0.5) is 5.82 Å². The van der Waals surface area contributed by atoms with Crippen molar-refractivity contribution >= 4 is 11.7 Å². The van der Waals surface area contributed by atoms with E-state index in [0.717, 1.165) is 0 Å². The molecule has 19 heavy (non-hydrogen) atoms. The summed E-state index contributed by atoms with van der Waals surface area (Å²) in [7, 11) is 1.81. The van der Waals surface area contributed by atoms with Crippen molar-refractivity contribution in [1.82, 2.24) is 25.1 Å². The second-order valence-corrected chi connectivity index (χ2v) is 4.05. The van der Waals surface area contributed by atoms with Gasteiger partial charge in [0.05, 0.1) is 6.04 Å². The Hall–Kier alpha value is -2.48. The van der Waals surface area contributed by atoms with Crippen molar-refractivity contribution in [3.05, 3.63) is 36.0 Å². The van der Waals surface area contributed by atoms with Gasteiger partial charge < -0.3 is 15.3 Å². The monoisotopic (exact) mass is 261 g/mol. The van der Waals surface area contributed by atoms with Crippen LogP contribution < -0.4 is 16.6 Å². The molecular weight excluding hydrogens is 246 g/mol. The maximum Gasteiger partial charge on any atom is 0.270 e. The molecule has 0 saturated heterocycles. The zero-order valence-corrected chi connectivity index (χ0v) is 10.7. The number of rotatable bonds is 4. The standard InChI is InChI=1S/C11H15N7O/c1-7(10-17-13-6-18(10)2)14-11(19)8-4-3-5-9(15-8)16-12/h3-7H,12H2,1-2H3,(H,14,19)(H,15,16). The first-order chi connectivity index (χ1) is 9.11. The van der Waals surface area contributed by atoms with Gasteiger partial charge in [-0.15, -0.1) is 10.2 Å². The maximum atomic E-state index is 12.0. The number of amides is 1. The number of carbonyl (C=O) groups is 1. The number of hydrogen-bond acceptors (Lipinski definition) is 6. The van der Waals surface area contributed by atoms with Crippen LogP contribution in [0.5, 0.6) is 0 Å². The molecule has 1 amide bonds. The number of hydrazine groups is 1. The topological polar surface area (TPSA) is 111 Å². The molecule has 2 heterocycles. The molecule has 1 unspecified atom stereocenters. The summed E-state index contributed by atoms with van der Waals surface area (Å²) in [5.41, 5.74) is 2.68. The predicted molar refractivity (Wildman–Crippen MR) is 68.9 cm³/mol. The number of anilines is 1. The van der Waals surface area contributed by atoms with Gasteiger partial charge in [0.2, 0.25) is 0 Å². The Morgan fingerprint density at radius 3 is 2.89 bits per heavy atom. The molecule has 0 bridgehead atoms. The molecule has 8 heteroatoms. The van der Waals surface area contributed by atoms with Crippen LogP contribution in [-0.2, 0) is 7.05 Å². The number of aromatic nitrogens is 4. The molecule has 0 spiro atoms. The minimum absolute atomic E-state index is 0.267. The van der Waals surface area contributed by atoms with E-state index in [1.165, 1.54) is 0 Å². The van der Waals surface area contributed by atoms with E-state index in [-0.39, 0.29) is 17.6 Å². The molecule has 0 aliphatic rings. The summed E-state index contributed by atoms with van der Waals surface area (Å²) >= 11 is 0. The fourth-order valence-electron chi connectivity index (χ4n) is 1.66. The number of pyridine rings is 1. The summed E-state index contributed by atoms with van der Waals surface area (Å²) in [6.45, 7) is 1.83. The Balaban J connectivity index is 2.10. The Kier molecular flexibility index (Phi) is 3.71. The number of nitrogens with one attached hydrogen (secondary N) is 2. The number of nitrogens with zero attached hydrogens (tertiary/aromatic N) is 4. The largest absolute Gasteiger partial charge is 0.341 e. The van der Waals surface area contributed by atoms with Crippen LogP contribution in [0.3, 0.4) is 0 Å². The van der Waals surface area contributed by atoms with E-state index in [4.69, 9.17) is 5.84 Å². The molecule has 8 nitrogen and oxygen atoms in total. The van der Waals surface area contributed by atoms with Crippen molar-refractivity contribution < 1.29 is 4.79 Å². The first kappa shape index (κ1) is 13.0. The van der Waals surface area contributed by atoms with E-state index in [2.05, 4.69) is 25.9 Å². The second-order valence-electron chi connectivity index (χ2n) is 4.05. The molecule has 0 fully saturated rings. The molecule has 2 aromatic heterocycles. The molecule has 0 aliphatic heterocycles. The predicted octanol–water partition coefficient (Wildman–Crippen LogP) is -0.0133. The first-order valence-electron chi connectivity index (χ1n) is 5.70. The molecule has 100 valence electrons. The zero-order chi connectivity index (χ0) is 13.8. The van der Waals surface area contributed by atoms with Crippen molar-refractivity contribution in [2.75, 3.05) is 5.43 Å². The van der Waals surface area contributed by atoms with Gasteiger partial charge in [-0.1, -0.05) is 6.07 Å². The molecule has 4 N–H and O–H groups in total. The van der Waals surface area contributed by atoms with Crippen LogP contribution >= 0.6 is 0 Å². The third kappa shape index (κ3) is 2.86. The molecule has 1 atom stereocenters. The minimum Gasteiger partial charge on any atom is -0.341 e. The minimum atomic E-state index is -0.299. The summed E-state index contributed by atoms with van der Waals surface area (Å²) < 4.78 is 1.75.